The molecule has 1 aromatic heterocycles. The number of methoxy groups -OCH3 is 1. The molecule has 0 saturated carbocycles. The zero-order chi connectivity index (χ0) is 23.6. The van der Waals surface area contributed by atoms with Crippen LogP contribution in [-0.4, -0.2) is 33.0 Å². The first-order chi connectivity index (χ1) is 15.2. The SMILES string of the molecule is COC(=O)CCCC/C=C(/c1cccnc1)c1ccccc1CCO[Si](C)(C)C(C)(C)C. The number of carbonyl (C=O) groups is 1. The summed E-state index contributed by atoms with van der Waals surface area (Å²) in [5.41, 5.74) is 4.82. The molecular formula is C27H39NO3Si. The van der Waals surface area contributed by atoms with Crippen molar-refractivity contribution in [3.05, 3.63) is 71.6 Å². The quantitative estimate of drug-likeness (QED) is 0.213. The van der Waals surface area contributed by atoms with E-state index in [0.29, 0.717) is 6.42 Å². The lowest BCUT2D eigenvalue weighted by Gasteiger charge is -2.36. The maximum absolute atomic E-state index is 11.4. The van der Waals surface area contributed by atoms with Gasteiger partial charge in [0.1, 0.15) is 0 Å². The summed E-state index contributed by atoms with van der Waals surface area (Å²) in [5.74, 6) is -0.145. The molecule has 0 bridgehead atoms. The Labute approximate surface area is 195 Å². The molecule has 0 aliphatic rings. The number of rotatable bonds is 11. The van der Waals surface area contributed by atoms with Gasteiger partial charge in [0, 0.05) is 31.0 Å². The molecule has 1 aromatic carbocycles. The van der Waals surface area contributed by atoms with Crippen molar-refractivity contribution in [1.29, 1.82) is 0 Å². The van der Waals surface area contributed by atoms with Gasteiger partial charge < -0.3 is 9.16 Å². The smallest absolute Gasteiger partial charge is 0.305 e. The van der Waals surface area contributed by atoms with Gasteiger partial charge in [-0.1, -0.05) is 57.2 Å². The highest BCUT2D eigenvalue weighted by Crippen LogP contribution is 2.36. The molecular weight excluding hydrogens is 414 g/mol. The lowest BCUT2D eigenvalue weighted by Crippen LogP contribution is -2.41. The number of hydrogen-bond acceptors (Lipinski definition) is 4. The van der Waals surface area contributed by atoms with Crippen molar-refractivity contribution in [3.8, 4) is 0 Å². The first-order valence-corrected chi connectivity index (χ1v) is 14.5. The Morgan fingerprint density at radius 1 is 1.09 bits per heavy atom. The van der Waals surface area contributed by atoms with Crippen molar-refractivity contribution < 1.29 is 14.0 Å². The Morgan fingerprint density at radius 3 is 2.50 bits per heavy atom. The Kier molecular flexibility index (Phi) is 9.85. The number of unbranched alkanes of at least 4 members (excludes halogenated alkanes) is 2. The minimum atomic E-state index is -1.77. The van der Waals surface area contributed by atoms with Gasteiger partial charge in [0.25, 0.3) is 0 Å². The molecule has 0 fully saturated rings. The van der Waals surface area contributed by atoms with Gasteiger partial charge in [-0.2, -0.15) is 0 Å². The van der Waals surface area contributed by atoms with Crippen LogP contribution in [0.2, 0.25) is 18.1 Å². The Bertz CT molecular complexity index is 885. The van der Waals surface area contributed by atoms with E-state index in [4.69, 9.17) is 9.16 Å². The second kappa shape index (κ2) is 12.1. The Morgan fingerprint density at radius 2 is 1.84 bits per heavy atom. The monoisotopic (exact) mass is 453 g/mol. The van der Waals surface area contributed by atoms with Crippen LogP contribution in [0, 0.1) is 0 Å². The highest BCUT2D eigenvalue weighted by molar-refractivity contribution is 6.74. The number of allylic oxidation sites excluding steroid dienone is 1. The van der Waals surface area contributed by atoms with Crippen LogP contribution in [0.5, 0.6) is 0 Å². The lowest BCUT2D eigenvalue weighted by atomic mass is 9.92. The number of ether oxygens (including phenoxy) is 1. The molecule has 2 aromatic rings. The molecule has 0 saturated heterocycles. The summed E-state index contributed by atoms with van der Waals surface area (Å²) >= 11 is 0. The second-order valence-electron chi connectivity index (χ2n) is 9.70. The predicted molar refractivity (Wildman–Crippen MR) is 135 cm³/mol. The molecule has 1 heterocycles. The molecule has 174 valence electrons. The molecule has 0 unspecified atom stereocenters. The average Bonchev–Trinajstić information content (AvgIpc) is 2.76. The molecule has 4 nitrogen and oxygen atoms in total. The second-order valence-corrected chi connectivity index (χ2v) is 14.5. The van der Waals surface area contributed by atoms with Gasteiger partial charge in [0.15, 0.2) is 8.32 Å². The van der Waals surface area contributed by atoms with Gasteiger partial charge >= 0.3 is 5.97 Å². The van der Waals surface area contributed by atoms with Crippen molar-refractivity contribution in [2.45, 2.75) is 71.0 Å². The van der Waals surface area contributed by atoms with E-state index in [1.807, 2.05) is 12.3 Å². The molecule has 0 aliphatic carbocycles. The largest absolute Gasteiger partial charge is 0.469 e. The van der Waals surface area contributed by atoms with E-state index < -0.39 is 8.32 Å². The summed E-state index contributed by atoms with van der Waals surface area (Å²) in [6, 6.07) is 12.7. The molecule has 0 atom stereocenters. The van der Waals surface area contributed by atoms with E-state index in [0.717, 1.165) is 37.9 Å². The minimum absolute atomic E-state index is 0.145. The number of pyridine rings is 1. The predicted octanol–water partition coefficient (Wildman–Crippen LogP) is 6.81. The molecule has 0 spiro atoms. The summed E-state index contributed by atoms with van der Waals surface area (Å²) in [5, 5.41) is 0.206. The Balaban J connectivity index is 2.19. The molecule has 32 heavy (non-hydrogen) atoms. The molecule has 0 N–H and O–H groups in total. The normalized spacial score (nSPS) is 12.6. The maximum Gasteiger partial charge on any atom is 0.305 e. The number of carbonyl (C=O) groups excluding carboxylic acids is 1. The van der Waals surface area contributed by atoms with Crippen LogP contribution in [0.4, 0.5) is 0 Å². The van der Waals surface area contributed by atoms with Crippen molar-refractivity contribution >= 4 is 19.9 Å². The summed E-state index contributed by atoms with van der Waals surface area (Å²) in [6.45, 7) is 12.2. The van der Waals surface area contributed by atoms with Crippen LogP contribution in [0.1, 0.15) is 63.1 Å². The summed E-state index contributed by atoms with van der Waals surface area (Å²) in [6.07, 6.45) is 10.0. The fourth-order valence-corrected chi connectivity index (χ4v) is 4.35. The summed E-state index contributed by atoms with van der Waals surface area (Å²) in [4.78, 5) is 15.7. The van der Waals surface area contributed by atoms with Gasteiger partial charge in [0.2, 0.25) is 0 Å². The third kappa shape index (κ3) is 7.71. The third-order valence-electron chi connectivity index (χ3n) is 6.33. The van der Waals surface area contributed by atoms with E-state index in [1.165, 1.54) is 23.8 Å². The van der Waals surface area contributed by atoms with Crippen molar-refractivity contribution in [1.82, 2.24) is 4.98 Å². The van der Waals surface area contributed by atoms with E-state index in [2.05, 4.69) is 75.3 Å². The fourth-order valence-electron chi connectivity index (χ4n) is 3.30. The summed E-state index contributed by atoms with van der Waals surface area (Å²) in [7, 11) is -0.333. The maximum atomic E-state index is 11.4. The summed E-state index contributed by atoms with van der Waals surface area (Å²) < 4.78 is 11.2. The fraction of sp³-hybridized carbons (Fsp3) is 0.481. The van der Waals surface area contributed by atoms with Gasteiger partial charge in [-0.15, -0.1) is 0 Å². The first-order valence-electron chi connectivity index (χ1n) is 11.6. The lowest BCUT2D eigenvalue weighted by molar-refractivity contribution is -0.140. The van der Waals surface area contributed by atoms with Gasteiger partial charge in [-0.05, 0) is 66.6 Å². The van der Waals surface area contributed by atoms with Crippen LogP contribution >= 0.6 is 0 Å². The van der Waals surface area contributed by atoms with E-state index in [1.54, 1.807) is 6.20 Å². The molecule has 2 rings (SSSR count). The highest BCUT2D eigenvalue weighted by Gasteiger charge is 2.36. The van der Waals surface area contributed by atoms with Crippen LogP contribution in [0.3, 0.4) is 0 Å². The standard InChI is InChI=1S/C27H39NO3Si/c1-27(2,3)32(5,6)31-20-18-22-13-10-11-16-24(22)25(23-14-12-19-28-21-23)15-8-7-9-17-26(29)30-4/h10-16,19,21H,7-9,17-18,20H2,1-6H3/b25-15-. The number of aromatic nitrogens is 1. The molecule has 0 aliphatic heterocycles. The van der Waals surface area contributed by atoms with E-state index in [-0.39, 0.29) is 11.0 Å². The van der Waals surface area contributed by atoms with Crippen molar-refractivity contribution in [3.63, 3.8) is 0 Å². The van der Waals surface area contributed by atoms with E-state index >= 15 is 0 Å². The Hall–Kier alpha value is -2.24. The molecule has 0 amide bonds. The van der Waals surface area contributed by atoms with Gasteiger partial charge in [0.05, 0.1) is 7.11 Å². The van der Waals surface area contributed by atoms with Crippen molar-refractivity contribution in [2.24, 2.45) is 0 Å². The van der Waals surface area contributed by atoms with Gasteiger partial charge in [-0.25, -0.2) is 0 Å². The number of esters is 1. The van der Waals surface area contributed by atoms with Crippen LogP contribution in [-0.2, 0) is 20.4 Å². The number of benzene rings is 1. The van der Waals surface area contributed by atoms with Crippen LogP contribution in [0.25, 0.3) is 5.57 Å². The highest BCUT2D eigenvalue weighted by atomic mass is 28.4. The zero-order valence-corrected chi connectivity index (χ0v) is 21.6. The number of nitrogens with zero attached hydrogens (tertiary/aromatic N) is 1. The molecule has 0 radical (unpaired) electrons. The zero-order valence-electron chi connectivity index (χ0n) is 20.6. The van der Waals surface area contributed by atoms with E-state index in [9.17, 15) is 4.79 Å². The average molecular weight is 454 g/mol. The van der Waals surface area contributed by atoms with Gasteiger partial charge in [-0.3, -0.25) is 9.78 Å². The van der Waals surface area contributed by atoms with Crippen LogP contribution < -0.4 is 0 Å². The van der Waals surface area contributed by atoms with Crippen LogP contribution in [0.15, 0.2) is 54.9 Å². The third-order valence-corrected chi connectivity index (χ3v) is 10.9. The first kappa shape index (κ1) is 26.0. The molecule has 5 heteroatoms. The van der Waals surface area contributed by atoms with Crippen molar-refractivity contribution in [2.75, 3.05) is 13.7 Å². The minimum Gasteiger partial charge on any atom is -0.469 e. The topological polar surface area (TPSA) is 48.4 Å². The number of hydrogen-bond donors (Lipinski definition) is 0.